The van der Waals surface area contributed by atoms with Crippen LogP contribution < -0.4 is 5.73 Å². The third kappa shape index (κ3) is 4.35. The molecule has 3 heterocycles. The molecule has 1 saturated heterocycles. The molecule has 5 rings (SSSR count). The molecule has 0 atom stereocenters. The summed E-state index contributed by atoms with van der Waals surface area (Å²) in [5.74, 6) is -0.150. The summed E-state index contributed by atoms with van der Waals surface area (Å²) in [5.41, 5.74) is 10.3. The number of para-hydroxylation sites is 1. The number of aromatic amines is 1. The molecule has 180 valence electrons. The van der Waals surface area contributed by atoms with Gasteiger partial charge in [-0.15, -0.1) is 0 Å². The molecular weight excluding hydrogens is 445 g/mol. The van der Waals surface area contributed by atoms with Crippen LogP contribution in [0.3, 0.4) is 0 Å². The molecule has 0 radical (unpaired) electrons. The van der Waals surface area contributed by atoms with Crippen molar-refractivity contribution in [3.8, 4) is 22.8 Å². The van der Waals surface area contributed by atoms with Crippen LogP contribution in [0.15, 0.2) is 42.6 Å². The number of halogens is 1. The minimum absolute atomic E-state index is 0.0634. The molecule has 1 aliphatic heterocycles. The van der Waals surface area contributed by atoms with Gasteiger partial charge in [0, 0.05) is 24.7 Å². The maximum Gasteiger partial charge on any atom is 0.256 e. The molecule has 0 spiro atoms. The summed E-state index contributed by atoms with van der Waals surface area (Å²) < 4.78 is 15.1. The lowest BCUT2D eigenvalue weighted by Crippen LogP contribution is -2.44. The van der Waals surface area contributed by atoms with Crippen molar-refractivity contribution in [3.63, 3.8) is 0 Å². The number of nitrogen functional groups attached to an aromatic ring is 1. The molecule has 3 N–H and O–H groups in total. The Balaban J connectivity index is 1.41. The Morgan fingerprint density at radius 3 is 2.63 bits per heavy atom. The second kappa shape index (κ2) is 9.07. The first-order valence-electron chi connectivity index (χ1n) is 11.7. The molecular formula is C26H28FN7O. The number of imidazole rings is 1. The van der Waals surface area contributed by atoms with E-state index in [0.717, 1.165) is 29.4 Å². The fraction of sp³-hybridized carbons (Fsp3) is 0.308. The first kappa shape index (κ1) is 22.9. The number of anilines is 1. The Bertz CT molecular complexity index is 1410. The maximum atomic E-state index is 15.1. The largest absolute Gasteiger partial charge is 0.382 e. The van der Waals surface area contributed by atoms with Crippen molar-refractivity contribution >= 4 is 22.8 Å². The van der Waals surface area contributed by atoms with Crippen molar-refractivity contribution in [2.24, 2.45) is 0 Å². The number of hydrogen-bond acceptors (Lipinski definition) is 6. The number of nitrogens with one attached hydrogen (secondary N) is 1. The summed E-state index contributed by atoms with van der Waals surface area (Å²) in [7, 11) is 4.09. The van der Waals surface area contributed by atoms with Crippen molar-refractivity contribution in [2.75, 3.05) is 32.9 Å². The lowest BCUT2D eigenvalue weighted by molar-refractivity contribution is 0.0658. The van der Waals surface area contributed by atoms with Gasteiger partial charge in [-0.1, -0.05) is 18.2 Å². The molecule has 1 amide bonds. The van der Waals surface area contributed by atoms with Gasteiger partial charge < -0.3 is 20.5 Å². The van der Waals surface area contributed by atoms with Crippen LogP contribution in [0.4, 0.5) is 10.2 Å². The van der Waals surface area contributed by atoms with E-state index in [0.29, 0.717) is 41.9 Å². The van der Waals surface area contributed by atoms with Gasteiger partial charge in [-0.05, 0) is 57.6 Å². The van der Waals surface area contributed by atoms with Crippen LogP contribution in [-0.4, -0.2) is 68.9 Å². The lowest BCUT2D eigenvalue weighted by atomic mass is 10.0. The highest BCUT2D eigenvalue weighted by atomic mass is 19.1. The van der Waals surface area contributed by atoms with E-state index in [9.17, 15) is 4.79 Å². The van der Waals surface area contributed by atoms with Gasteiger partial charge in [0.25, 0.3) is 5.91 Å². The van der Waals surface area contributed by atoms with Crippen LogP contribution in [0.1, 0.15) is 28.8 Å². The van der Waals surface area contributed by atoms with Gasteiger partial charge in [0.2, 0.25) is 0 Å². The van der Waals surface area contributed by atoms with Crippen LogP contribution in [0.2, 0.25) is 0 Å². The monoisotopic (exact) mass is 473 g/mol. The summed E-state index contributed by atoms with van der Waals surface area (Å²) in [5, 5.41) is 0. The van der Waals surface area contributed by atoms with E-state index in [2.05, 4.69) is 24.8 Å². The van der Waals surface area contributed by atoms with Gasteiger partial charge in [0.1, 0.15) is 11.5 Å². The summed E-state index contributed by atoms with van der Waals surface area (Å²) in [6.45, 7) is 3.23. The minimum Gasteiger partial charge on any atom is -0.382 e. The number of hydrogen-bond donors (Lipinski definition) is 2. The van der Waals surface area contributed by atoms with Crippen molar-refractivity contribution in [3.05, 3.63) is 59.5 Å². The number of fused-ring (bicyclic) bond motifs is 1. The Hall–Kier alpha value is -3.85. The van der Waals surface area contributed by atoms with Crippen molar-refractivity contribution < 1.29 is 9.18 Å². The second-order valence-corrected chi connectivity index (χ2v) is 9.23. The zero-order valence-electron chi connectivity index (χ0n) is 20.0. The number of carbonyl (C=O) groups is 1. The van der Waals surface area contributed by atoms with E-state index in [1.165, 1.54) is 18.3 Å². The maximum absolute atomic E-state index is 15.1. The number of benzene rings is 2. The molecule has 8 nitrogen and oxygen atoms in total. The first-order valence-corrected chi connectivity index (χ1v) is 11.7. The summed E-state index contributed by atoms with van der Waals surface area (Å²) >= 11 is 0. The molecule has 2 aromatic carbocycles. The predicted octanol–water partition coefficient (Wildman–Crippen LogP) is 3.88. The van der Waals surface area contributed by atoms with Crippen LogP contribution in [0.5, 0.6) is 0 Å². The number of aromatic nitrogens is 4. The lowest BCUT2D eigenvalue weighted by Gasteiger charge is -2.35. The normalized spacial score (nSPS) is 14.7. The quantitative estimate of drug-likeness (QED) is 0.466. The van der Waals surface area contributed by atoms with Crippen molar-refractivity contribution in [1.82, 2.24) is 29.7 Å². The number of carbonyl (C=O) groups excluding carboxylic acids is 1. The van der Waals surface area contributed by atoms with Crippen LogP contribution in [0.25, 0.3) is 33.8 Å². The topological polar surface area (TPSA) is 104 Å². The molecule has 2 aromatic heterocycles. The Labute approximate surface area is 203 Å². The molecule has 4 aromatic rings. The molecule has 9 heteroatoms. The van der Waals surface area contributed by atoms with Gasteiger partial charge in [-0.25, -0.2) is 19.3 Å². The fourth-order valence-corrected chi connectivity index (χ4v) is 4.60. The zero-order chi connectivity index (χ0) is 24.7. The number of likely N-dealkylation sites (tertiary alicyclic amines) is 1. The molecule has 1 fully saturated rings. The van der Waals surface area contributed by atoms with E-state index < -0.39 is 5.82 Å². The highest BCUT2D eigenvalue weighted by molar-refractivity contribution is 5.95. The standard InChI is InChI=1S/C26H28FN7O/c1-15-5-4-6-20-22(15)32-25(31-20)23-24(28)29-14-21(30-23)16-7-8-18(19(27)13-16)26(35)34-11-9-17(10-12-34)33(2)3/h4-8,13-14,17H,9-12H2,1-3H3,(H2,28,29)(H,31,32). The van der Waals surface area contributed by atoms with Crippen LogP contribution in [-0.2, 0) is 0 Å². The van der Waals surface area contributed by atoms with Gasteiger partial charge in [-0.3, -0.25) is 4.79 Å². The number of amides is 1. The second-order valence-electron chi connectivity index (χ2n) is 9.23. The fourth-order valence-electron chi connectivity index (χ4n) is 4.60. The Morgan fingerprint density at radius 2 is 1.94 bits per heavy atom. The molecule has 0 bridgehead atoms. The molecule has 1 aliphatic rings. The van der Waals surface area contributed by atoms with E-state index >= 15 is 4.39 Å². The van der Waals surface area contributed by atoms with Crippen molar-refractivity contribution in [1.29, 1.82) is 0 Å². The number of H-pyrrole nitrogens is 1. The number of piperidine rings is 1. The van der Waals surface area contributed by atoms with Gasteiger partial charge in [0.05, 0.1) is 28.5 Å². The number of nitrogens with two attached hydrogens (primary N) is 1. The highest BCUT2D eigenvalue weighted by Gasteiger charge is 2.26. The van der Waals surface area contributed by atoms with Crippen LogP contribution in [0, 0.1) is 12.7 Å². The van der Waals surface area contributed by atoms with Gasteiger partial charge >= 0.3 is 0 Å². The average Bonchev–Trinajstić information content (AvgIpc) is 3.29. The third-order valence-electron chi connectivity index (χ3n) is 6.73. The average molecular weight is 474 g/mol. The predicted molar refractivity (Wildman–Crippen MR) is 134 cm³/mol. The smallest absolute Gasteiger partial charge is 0.256 e. The van der Waals surface area contributed by atoms with E-state index in [-0.39, 0.29) is 17.3 Å². The van der Waals surface area contributed by atoms with Crippen LogP contribution >= 0.6 is 0 Å². The van der Waals surface area contributed by atoms with Gasteiger partial charge in [-0.2, -0.15) is 0 Å². The van der Waals surface area contributed by atoms with Crippen molar-refractivity contribution in [2.45, 2.75) is 25.8 Å². The van der Waals surface area contributed by atoms with Gasteiger partial charge in [0.15, 0.2) is 11.6 Å². The summed E-state index contributed by atoms with van der Waals surface area (Å²) in [6.07, 6.45) is 3.25. The van der Waals surface area contributed by atoms with E-state index in [1.54, 1.807) is 11.0 Å². The highest BCUT2D eigenvalue weighted by Crippen LogP contribution is 2.28. The number of nitrogens with zero attached hydrogens (tertiary/aromatic N) is 5. The molecule has 35 heavy (non-hydrogen) atoms. The number of rotatable bonds is 4. The third-order valence-corrected chi connectivity index (χ3v) is 6.73. The zero-order valence-corrected chi connectivity index (χ0v) is 20.0. The van der Waals surface area contributed by atoms with E-state index in [4.69, 9.17) is 5.73 Å². The summed E-state index contributed by atoms with van der Waals surface area (Å²) in [4.78, 5) is 33.6. The van der Waals surface area contributed by atoms with E-state index in [1.807, 2.05) is 39.2 Å². The minimum atomic E-state index is -0.582. The number of aryl methyl sites for hydroxylation is 1. The summed E-state index contributed by atoms with van der Waals surface area (Å²) in [6, 6.07) is 10.8. The molecule has 0 saturated carbocycles. The SMILES string of the molecule is Cc1cccc2nc(-c3nc(-c4ccc(C(=O)N5CCC(N(C)C)CC5)c(F)c4)cnc3N)[nH]c12. The Kier molecular flexibility index (Phi) is 5.94. The molecule has 0 aliphatic carbocycles. The molecule has 0 unspecified atom stereocenters. The Morgan fingerprint density at radius 1 is 1.17 bits per heavy atom. The first-order chi connectivity index (χ1) is 16.8.